The van der Waals surface area contributed by atoms with E-state index in [1.165, 1.54) is 12.1 Å². The van der Waals surface area contributed by atoms with Crippen molar-refractivity contribution in [2.24, 2.45) is 5.92 Å². The first-order valence-corrected chi connectivity index (χ1v) is 7.23. The van der Waals surface area contributed by atoms with Crippen LogP contribution in [0.3, 0.4) is 0 Å². The quantitative estimate of drug-likeness (QED) is 0.704. The number of carbonyl (C=O) groups is 1. The van der Waals surface area contributed by atoms with Crippen LogP contribution < -0.4 is 0 Å². The van der Waals surface area contributed by atoms with Gasteiger partial charge in [0.25, 0.3) is 5.91 Å². The average molecular weight is 351 g/mol. The van der Waals surface area contributed by atoms with Crippen LogP contribution in [-0.2, 0) is 6.18 Å². The zero-order chi connectivity index (χ0) is 18.1. The first-order chi connectivity index (χ1) is 11.0. The fourth-order valence-corrected chi connectivity index (χ4v) is 2.69. The molecule has 1 amide bonds. The average Bonchev–Trinajstić information content (AvgIpc) is 2.52. The lowest BCUT2D eigenvalue weighted by molar-refractivity contribution is -0.183. The third-order valence-corrected chi connectivity index (χ3v) is 4.06. The van der Waals surface area contributed by atoms with Crippen LogP contribution in [0.4, 0.5) is 26.3 Å². The van der Waals surface area contributed by atoms with Gasteiger partial charge in [0, 0.05) is 13.1 Å². The molecule has 8 heteroatoms. The van der Waals surface area contributed by atoms with Crippen molar-refractivity contribution in [2.75, 3.05) is 13.1 Å². The molecule has 1 aliphatic heterocycles. The van der Waals surface area contributed by atoms with Gasteiger partial charge in [-0.1, -0.05) is 18.7 Å². The Hall–Kier alpha value is -1.99. The molecule has 1 heterocycles. The van der Waals surface area contributed by atoms with Crippen LogP contribution in [0.2, 0.25) is 0 Å². The molecule has 0 unspecified atom stereocenters. The number of carbonyl (C=O) groups excluding carboxylic acids is 1. The second-order valence-electron chi connectivity index (χ2n) is 5.61. The van der Waals surface area contributed by atoms with E-state index in [0.29, 0.717) is 5.56 Å². The summed E-state index contributed by atoms with van der Waals surface area (Å²) in [6.07, 6.45) is -8.40. The second-order valence-corrected chi connectivity index (χ2v) is 5.61. The van der Waals surface area contributed by atoms with Gasteiger partial charge in [-0.3, -0.25) is 4.79 Å². The van der Waals surface area contributed by atoms with Gasteiger partial charge in [-0.15, -0.1) is 0 Å². The Bertz CT molecular complexity index is 626. The fraction of sp³-hybridized carbons (Fsp3) is 0.438. The molecule has 24 heavy (non-hydrogen) atoms. The third kappa shape index (κ3) is 3.91. The molecule has 0 bridgehead atoms. The zero-order valence-corrected chi connectivity index (χ0v) is 12.5. The Labute approximate surface area is 134 Å². The number of benzene rings is 1. The predicted molar refractivity (Wildman–Crippen MR) is 76.2 cm³/mol. The molecule has 2 rings (SSSR count). The Morgan fingerprint density at radius 2 is 1.71 bits per heavy atom. The summed E-state index contributed by atoms with van der Waals surface area (Å²) >= 11 is 0. The van der Waals surface area contributed by atoms with Crippen LogP contribution in [0, 0.1) is 5.92 Å². The highest BCUT2D eigenvalue weighted by atomic mass is 19.4. The summed E-state index contributed by atoms with van der Waals surface area (Å²) in [5.41, 5.74) is -1.34. The standard InChI is InChI=1S/C16H15F6NO/c1-2-10-3-4-13(16(20,21)22)12(9-10)14(24)23-7-5-11(6-8-23)15(17,18)19/h2-4,9,11H,1,5-8H2. The molecule has 1 aliphatic rings. The zero-order valence-electron chi connectivity index (χ0n) is 12.5. The van der Waals surface area contributed by atoms with Gasteiger partial charge < -0.3 is 4.90 Å². The Morgan fingerprint density at radius 1 is 1.12 bits per heavy atom. The summed E-state index contributed by atoms with van der Waals surface area (Å²) in [4.78, 5) is 13.4. The van der Waals surface area contributed by atoms with E-state index in [9.17, 15) is 31.1 Å². The second kappa shape index (κ2) is 6.49. The van der Waals surface area contributed by atoms with Gasteiger partial charge in [-0.05, 0) is 30.5 Å². The summed E-state index contributed by atoms with van der Waals surface area (Å²) in [6, 6.07) is 3.03. The largest absolute Gasteiger partial charge is 0.417 e. The van der Waals surface area contributed by atoms with Gasteiger partial charge in [0.1, 0.15) is 0 Å². The number of amides is 1. The van der Waals surface area contributed by atoms with Crippen molar-refractivity contribution in [3.63, 3.8) is 0 Å². The van der Waals surface area contributed by atoms with Crippen molar-refractivity contribution in [2.45, 2.75) is 25.2 Å². The predicted octanol–water partition coefficient (Wildman–Crippen LogP) is 4.76. The van der Waals surface area contributed by atoms with Gasteiger partial charge in [0.15, 0.2) is 0 Å². The van der Waals surface area contributed by atoms with Crippen molar-refractivity contribution in [3.8, 4) is 0 Å². The smallest absolute Gasteiger partial charge is 0.339 e. The highest BCUT2D eigenvalue weighted by Gasteiger charge is 2.42. The van der Waals surface area contributed by atoms with Crippen molar-refractivity contribution < 1.29 is 31.1 Å². The van der Waals surface area contributed by atoms with E-state index in [-0.39, 0.29) is 25.9 Å². The van der Waals surface area contributed by atoms with Crippen molar-refractivity contribution in [3.05, 3.63) is 41.5 Å². The van der Waals surface area contributed by atoms with Crippen LogP contribution >= 0.6 is 0 Å². The summed E-state index contributed by atoms with van der Waals surface area (Å²) in [5.74, 6) is -2.44. The highest BCUT2D eigenvalue weighted by Crippen LogP contribution is 2.36. The van der Waals surface area contributed by atoms with Gasteiger partial charge in [0.05, 0.1) is 17.0 Å². The Kier molecular flexibility index (Phi) is 4.96. The SMILES string of the molecule is C=Cc1ccc(C(F)(F)F)c(C(=O)N2CCC(C(F)(F)F)CC2)c1. The van der Waals surface area contributed by atoms with Crippen LogP contribution in [0.15, 0.2) is 24.8 Å². The monoisotopic (exact) mass is 351 g/mol. The van der Waals surface area contributed by atoms with Gasteiger partial charge in [-0.2, -0.15) is 26.3 Å². The van der Waals surface area contributed by atoms with Gasteiger partial charge in [-0.25, -0.2) is 0 Å². The lowest BCUT2D eigenvalue weighted by Gasteiger charge is -2.33. The molecular formula is C16H15F6NO. The normalized spacial score (nSPS) is 17.0. The first-order valence-electron chi connectivity index (χ1n) is 7.23. The van der Waals surface area contributed by atoms with E-state index in [1.54, 1.807) is 0 Å². The molecule has 1 aromatic carbocycles. The van der Waals surface area contributed by atoms with Crippen LogP contribution in [0.1, 0.15) is 34.3 Å². The maximum Gasteiger partial charge on any atom is 0.417 e. The summed E-state index contributed by atoms with van der Waals surface area (Å²) < 4.78 is 77.2. The van der Waals surface area contributed by atoms with Gasteiger partial charge >= 0.3 is 12.4 Å². The van der Waals surface area contributed by atoms with Crippen LogP contribution in [0.25, 0.3) is 6.08 Å². The topological polar surface area (TPSA) is 20.3 Å². The maximum atomic E-state index is 13.1. The lowest BCUT2D eigenvalue weighted by Crippen LogP contribution is -2.42. The molecule has 0 aromatic heterocycles. The van der Waals surface area contributed by atoms with E-state index in [1.807, 2.05) is 0 Å². The summed E-state index contributed by atoms with van der Waals surface area (Å²) in [6.45, 7) is 2.99. The molecule has 132 valence electrons. The maximum absolute atomic E-state index is 13.1. The number of hydrogen-bond acceptors (Lipinski definition) is 1. The molecule has 1 aromatic rings. The number of piperidine rings is 1. The van der Waals surface area contributed by atoms with E-state index in [0.717, 1.165) is 17.0 Å². The number of hydrogen-bond donors (Lipinski definition) is 0. The van der Waals surface area contributed by atoms with E-state index < -0.39 is 35.3 Å². The number of nitrogens with zero attached hydrogens (tertiary/aromatic N) is 1. The van der Waals surface area contributed by atoms with E-state index >= 15 is 0 Å². The van der Waals surface area contributed by atoms with E-state index in [4.69, 9.17) is 0 Å². The van der Waals surface area contributed by atoms with E-state index in [2.05, 4.69) is 6.58 Å². The first kappa shape index (κ1) is 18.4. The fourth-order valence-electron chi connectivity index (χ4n) is 2.69. The lowest BCUT2D eigenvalue weighted by atomic mass is 9.95. The van der Waals surface area contributed by atoms with Crippen molar-refractivity contribution >= 4 is 12.0 Å². The summed E-state index contributed by atoms with van der Waals surface area (Å²) in [7, 11) is 0. The van der Waals surface area contributed by atoms with Crippen LogP contribution in [-0.4, -0.2) is 30.1 Å². The minimum Gasteiger partial charge on any atom is -0.339 e. The molecule has 0 saturated carbocycles. The molecule has 0 atom stereocenters. The van der Waals surface area contributed by atoms with Crippen molar-refractivity contribution in [1.29, 1.82) is 0 Å². The molecule has 2 nitrogen and oxygen atoms in total. The minimum atomic E-state index is -4.73. The Balaban J connectivity index is 2.25. The molecular weight excluding hydrogens is 336 g/mol. The third-order valence-electron chi connectivity index (χ3n) is 4.06. The number of rotatable bonds is 2. The molecule has 0 spiro atoms. The van der Waals surface area contributed by atoms with Crippen molar-refractivity contribution in [1.82, 2.24) is 4.90 Å². The molecule has 0 N–H and O–H groups in total. The van der Waals surface area contributed by atoms with Gasteiger partial charge in [0.2, 0.25) is 0 Å². The molecule has 1 saturated heterocycles. The minimum absolute atomic E-state index is 0.224. The number of halogens is 6. The Morgan fingerprint density at radius 3 is 2.17 bits per heavy atom. The number of likely N-dealkylation sites (tertiary alicyclic amines) is 1. The molecule has 0 radical (unpaired) electrons. The molecule has 0 aliphatic carbocycles. The summed E-state index contributed by atoms with van der Waals surface area (Å²) in [5, 5.41) is 0. The molecule has 1 fully saturated rings. The highest BCUT2D eigenvalue weighted by molar-refractivity contribution is 5.96. The van der Waals surface area contributed by atoms with Crippen LogP contribution in [0.5, 0.6) is 0 Å². The number of alkyl halides is 6.